The number of carbonyl (C=O) groups is 2. The molecule has 0 aromatic heterocycles. The number of rotatable bonds is 6. The second kappa shape index (κ2) is 10.6. The summed E-state index contributed by atoms with van der Waals surface area (Å²) in [5.41, 5.74) is 1.62. The zero-order valence-electron chi connectivity index (χ0n) is 18.4. The first-order valence-corrected chi connectivity index (χ1v) is 12.7. The van der Waals surface area contributed by atoms with Gasteiger partial charge in [-0.25, -0.2) is 0 Å². The van der Waals surface area contributed by atoms with Crippen molar-refractivity contribution in [3.05, 3.63) is 63.6 Å². The van der Waals surface area contributed by atoms with Crippen LogP contribution >= 0.6 is 35.0 Å². The number of hydrogen-bond acceptors (Lipinski definition) is 5. The molecule has 0 bridgehead atoms. The fourth-order valence-electron chi connectivity index (χ4n) is 4.23. The zero-order valence-corrected chi connectivity index (χ0v) is 20.7. The quantitative estimate of drug-likeness (QED) is 0.618. The summed E-state index contributed by atoms with van der Waals surface area (Å²) in [6, 6.07) is 12.4. The smallest absolute Gasteiger partial charge is 0.253 e. The first-order chi connectivity index (χ1) is 15.9. The van der Waals surface area contributed by atoms with Gasteiger partial charge in [0.05, 0.1) is 18.0 Å². The summed E-state index contributed by atoms with van der Waals surface area (Å²) >= 11 is 13.9. The summed E-state index contributed by atoms with van der Waals surface area (Å²) in [5.74, 6) is 1.49. The lowest BCUT2D eigenvalue weighted by atomic mass is 10.0. The summed E-state index contributed by atoms with van der Waals surface area (Å²) in [6.45, 7) is 1.84. The number of carbonyl (C=O) groups excluding carboxylic acids is 2. The Hall–Kier alpha value is -1.93. The van der Waals surface area contributed by atoms with Gasteiger partial charge in [0.2, 0.25) is 5.91 Å². The normalized spacial score (nSPS) is 19.5. The summed E-state index contributed by atoms with van der Waals surface area (Å²) in [7, 11) is 1.61. The van der Waals surface area contributed by atoms with Gasteiger partial charge in [-0.15, -0.1) is 11.8 Å². The number of benzene rings is 2. The number of methoxy groups -OCH3 is 1. The van der Waals surface area contributed by atoms with E-state index in [0.717, 1.165) is 29.9 Å². The highest BCUT2D eigenvalue weighted by Crippen LogP contribution is 2.39. The first kappa shape index (κ1) is 24.2. The van der Waals surface area contributed by atoms with Gasteiger partial charge in [0.25, 0.3) is 5.91 Å². The Balaban J connectivity index is 1.24. The predicted octanol–water partition coefficient (Wildman–Crippen LogP) is 4.00. The molecule has 2 aromatic rings. The van der Waals surface area contributed by atoms with Crippen LogP contribution in [0.4, 0.5) is 0 Å². The van der Waals surface area contributed by atoms with Crippen molar-refractivity contribution < 1.29 is 14.3 Å². The number of nitrogens with zero attached hydrogens (tertiary/aromatic N) is 1. The van der Waals surface area contributed by atoms with Crippen molar-refractivity contribution in [2.75, 3.05) is 32.5 Å². The molecule has 0 radical (unpaired) electrons. The fraction of sp³-hybridized carbons (Fsp3) is 0.417. The van der Waals surface area contributed by atoms with Crippen LogP contribution in [0.25, 0.3) is 0 Å². The number of thioether (sulfide) groups is 1. The van der Waals surface area contributed by atoms with Crippen molar-refractivity contribution in [1.82, 2.24) is 15.5 Å². The molecule has 2 heterocycles. The van der Waals surface area contributed by atoms with E-state index in [-0.39, 0.29) is 22.7 Å². The van der Waals surface area contributed by atoms with Crippen LogP contribution in [0, 0.1) is 0 Å². The van der Waals surface area contributed by atoms with Gasteiger partial charge >= 0.3 is 0 Å². The molecular formula is C24H27Cl2N3O3S. The molecule has 6 nitrogen and oxygen atoms in total. The maximum absolute atomic E-state index is 12.8. The van der Waals surface area contributed by atoms with Gasteiger partial charge in [0, 0.05) is 41.0 Å². The summed E-state index contributed by atoms with van der Waals surface area (Å²) in [4.78, 5) is 27.3. The lowest BCUT2D eigenvalue weighted by molar-refractivity contribution is -0.122. The largest absolute Gasteiger partial charge is 0.497 e. The molecule has 2 aliphatic heterocycles. The minimum Gasteiger partial charge on any atom is -0.497 e. The van der Waals surface area contributed by atoms with E-state index in [1.807, 2.05) is 11.0 Å². The molecule has 2 amide bonds. The molecule has 1 atom stereocenters. The molecular weight excluding hydrogens is 481 g/mol. The third-order valence-electron chi connectivity index (χ3n) is 6.18. The van der Waals surface area contributed by atoms with Crippen LogP contribution in [0.15, 0.2) is 42.5 Å². The molecule has 2 aromatic carbocycles. The Morgan fingerprint density at radius 2 is 1.91 bits per heavy atom. The molecule has 2 aliphatic rings. The maximum Gasteiger partial charge on any atom is 0.253 e. The lowest BCUT2D eigenvalue weighted by Crippen LogP contribution is -2.54. The Kier molecular flexibility index (Phi) is 7.74. The first-order valence-electron chi connectivity index (χ1n) is 11.0. The number of piperidine rings is 1. The lowest BCUT2D eigenvalue weighted by Gasteiger charge is -2.39. The molecule has 176 valence electrons. The second-order valence-electron chi connectivity index (χ2n) is 8.30. The predicted molar refractivity (Wildman–Crippen MR) is 133 cm³/mol. The molecule has 4 rings (SSSR count). The van der Waals surface area contributed by atoms with E-state index in [9.17, 15) is 9.59 Å². The van der Waals surface area contributed by atoms with Crippen LogP contribution in [0.1, 0.15) is 28.8 Å². The van der Waals surface area contributed by atoms with Gasteiger partial charge in [-0.2, -0.15) is 0 Å². The summed E-state index contributed by atoms with van der Waals surface area (Å²) in [5, 5.41) is 7.77. The maximum atomic E-state index is 12.8. The number of nitrogens with one attached hydrogen (secondary N) is 2. The van der Waals surface area contributed by atoms with Crippen LogP contribution in [-0.4, -0.2) is 60.1 Å². The van der Waals surface area contributed by atoms with Gasteiger partial charge in [0.1, 0.15) is 5.75 Å². The van der Waals surface area contributed by atoms with Crippen LogP contribution < -0.4 is 15.4 Å². The highest BCUT2D eigenvalue weighted by atomic mass is 35.5. The monoisotopic (exact) mass is 507 g/mol. The minimum absolute atomic E-state index is 0.00111. The second-order valence-corrected chi connectivity index (χ2v) is 10.5. The molecule has 2 N–H and O–H groups in total. The molecule has 1 unspecified atom stereocenters. The van der Waals surface area contributed by atoms with Crippen LogP contribution in [0.3, 0.4) is 0 Å². The van der Waals surface area contributed by atoms with Crippen LogP contribution in [0.5, 0.6) is 5.75 Å². The number of ether oxygens (including phenoxy) is 1. The average Bonchev–Trinajstić information content (AvgIpc) is 3.24. The molecule has 2 saturated heterocycles. The van der Waals surface area contributed by atoms with E-state index in [2.05, 4.69) is 10.6 Å². The fourth-order valence-corrected chi connectivity index (χ4v) is 6.15. The number of amides is 2. The van der Waals surface area contributed by atoms with Gasteiger partial charge in [-0.1, -0.05) is 29.3 Å². The van der Waals surface area contributed by atoms with Gasteiger partial charge in [-0.3, -0.25) is 14.9 Å². The highest BCUT2D eigenvalue weighted by molar-refractivity contribution is 8.01. The average molecular weight is 508 g/mol. The zero-order chi connectivity index (χ0) is 23.4. The molecule has 0 saturated carbocycles. The standard InChI is InChI=1S/C24H27Cl2N3O3S/c1-32-19-6-3-17(4-7-19)23(31)29-12-9-24(10-13-29)28-21(15-33-24)22(30)27-11-8-16-2-5-18(25)14-20(16)26/h2-7,14,21,28H,8-13,15H2,1H3,(H,27,30). The van der Waals surface area contributed by atoms with E-state index in [4.69, 9.17) is 27.9 Å². The third kappa shape index (κ3) is 5.77. The summed E-state index contributed by atoms with van der Waals surface area (Å²) in [6.07, 6.45) is 2.27. The topological polar surface area (TPSA) is 70.7 Å². The van der Waals surface area contributed by atoms with Crippen molar-refractivity contribution in [3.8, 4) is 5.75 Å². The van der Waals surface area contributed by atoms with E-state index in [0.29, 0.717) is 41.7 Å². The van der Waals surface area contributed by atoms with Gasteiger partial charge in [0.15, 0.2) is 0 Å². The Labute approximate surface area is 208 Å². The summed E-state index contributed by atoms with van der Waals surface area (Å²) < 4.78 is 5.16. The van der Waals surface area contributed by atoms with Gasteiger partial charge < -0.3 is 15.0 Å². The van der Waals surface area contributed by atoms with Crippen molar-refractivity contribution >= 4 is 46.8 Å². The van der Waals surface area contributed by atoms with E-state index in [1.165, 1.54) is 0 Å². The number of hydrogen-bond donors (Lipinski definition) is 2. The Morgan fingerprint density at radius 1 is 1.18 bits per heavy atom. The molecule has 9 heteroatoms. The molecule has 1 spiro atoms. The number of likely N-dealkylation sites (tertiary alicyclic amines) is 1. The molecule has 0 aliphatic carbocycles. The van der Waals surface area contributed by atoms with Crippen molar-refractivity contribution in [2.24, 2.45) is 0 Å². The highest BCUT2D eigenvalue weighted by Gasteiger charge is 2.44. The van der Waals surface area contributed by atoms with E-state index >= 15 is 0 Å². The van der Waals surface area contributed by atoms with E-state index < -0.39 is 0 Å². The van der Waals surface area contributed by atoms with Crippen molar-refractivity contribution in [3.63, 3.8) is 0 Å². The van der Waals surface area contributed by atoms with Crippen LogP contribution in [-0.2, 0) is 11.2 Å². The van der Waals surface area contributed by atoms with E-state index in [1.54, 1.807) is 55.3 Å². The Bertz CT molecular complexity index is 1010. The van der Waals surface area contributed by atoms with Gasteiger partial charge in [-0.05, 0) is 61.2 Å². The SMILES string of the molecule is COc1ccc(C(=O)N2CCC3(CC2)NC(C(=O)NCCc2ccc(Cl)cc2Cl)CS3)cc1. The minimum atomic E-state index is -0.237. The molecule has 33 heavy (non-hydrogen) atoms. The molecule has 2 fully saturated rings. The van der Waals surface area contributed by atoms with Crippen molar-refractivity contribution in [2.45, 2.75) is 30.2 Å². The van der Waals surface area contributed by atoms with Crippen molar-refractivity contribution in [1.29, 1.82) is 0 Å². The Morgan fingerprint density at radius 3 is 2.58 bits per heavy atom. The number of halogens is 2. The van der Waals surface area contributed by atoms with Crippen LogP contribution in [0.2, 0.25) is 10.0 Å². The third-order valence-corrected chi connectivity index (χ3v) is 8.35.